The van der Waals surface area contributed by atoms with E-state index >= 15 is 0 Å². The molecule has 0 spiro atoms. The molecule has 21 heavy (non-hydrogen) atoms. The quantitative estimate of drug-likeness (QED) is 0.384. The molecule has 0 amide bonds. The molecule has 1 aromatic rings. The summed E-state index contributed by atoms with van der Waals surface area (Å²) in [4.78, 5) is 4.45. The van der Waals surface area contributed by atoms with Gasteiger partial charge >= 0.3 is 0 Å². The van der Waals surface area contributed by atoms with Gasteiger partial charge in [-0.1, -0.05) is 19.0 Å². The van der Waals surface area contributed by atoms with Crippen molar-refractivity contribution in [1.82, 2.24) is 4.90 Å². The van der Waals surface area contributed by atoms with E-state index < -0.39 is 0 Å². The molecule has 0 radical (unpaired) electrons. The van der Waals surface area contributed by atoms with E-state index in [1.807, 2.05) is 4.90 Å². The molecule has 6 heteroatoms. The molecule has 0 aliphatic carbocycles. The topological polar surface area (TPSA) is 65.1 Å². The van der Waals surface area contributed by atoms with Gasteiger partial charge in [0.1, 0.15) is 5.82 Å². The fourth-order valence-electron chi connectivity index (χ4n) is 2.67. The van der Waals surface area contributed by atoms with Crippen LogP contribution in [0.5, 0.6) is 0 Å². The number of benzene rings is 1. The summed E-state index contributed by atoms with van der Waals surface area (Å²) >= 11 is 0. The number of hydrogen-bond acceptors (Lipinski definition) is 4. The van der Waals surface area contributed by atoms with Gasteiger partial charge in [-0.25, -0.2) is 4.39 Å². The zero-order chi connectivity index (χ0) is 15.4. The molecular weight excluding hydrogens is 271 g/mol. The molecule has 116 valence electrons. The van der Waals surface area contributed by atoms with Gasteiger partial charge in [0.2, 0.25) is 0 Å². The van der Waals surface area contributed by atoms with Crippen molar-refractivity contribution in [1.29, 1.82) is 0 Å². The summed E-state index contributed by atoms with van der Waals surface area (Å²) < 4.78 is 14.2. The largest absolute Gasteiger partial charge is 0.409 e. The summed E-state index contributed by atoms with van der Waals surface area (Å²) in [5, 5.41) is 11.5. The van der Waals surface area contributed by atoms with Crippen LogP contribution in [0.3, 0.4) is 0 Å². The first-order chi connectivity index (χ1) is 10.0. The van der Waals surface area contributed by atoms with E-state index in [0.29, 0.717) is 17.2 Å². The van der Waals surface area contributed by atoms with Gasteiger partial charge in [-0.15, -0.1) is 0 Å². The summed E-state index contributed by atoms with van der Waals surface area (Å²) in [5.74, 6) is 0.229. The van der Waals surface area contributed by atoms with Gasteiger partial charge in [0, 0.05) is 38.3 Å². The summed E-state index contributed by atoms with van der Waals surface area (Å²) in [6.45, 7) is 9.01. The molecule has 0 bridgehead atoms. The molecule has 0 saturated carbocycles. The van der Waals surface area contributed by atoms with Crippen LogP contribution in [-0.4, -0.2) is 48.7 Å². The number of nitrogens with zero attached hydrogens (tertiary/aromatic N) is 3. The van der Waals surface area contributed by atoms with Gasteiger partial charge < -0.3 is 15.8 Å². The number of hydrogen-bond donors (Lipinski definition) is 2. The zero-order valence-corrected chi connectivity index (χ0v) is 12.6. The minimum absolute atomic E-state index is 0.0813. The smallest absolute Gasteiger partial charge is 0.170 e. The van der Waals surface area contributed by atoms with E-state index in [2.05, 4.69) is 23.9 Å². The van der Waals surface area contributed by atoms with Gasteiger partial charge in [0.25, 0.3) is 0 Å². The highest BCUT2D eigenvalue weighted by atomic mass is 19.1. The van der Waals surface area contributed by atoms with Gasteiger partial charge in [0.05, 0.1) is 5.69 Å². The third-order valence-electron chi connectivity index (χ3n) is 3.69. The van der Waals surface area contributed by atoms with Crippen LogP contribution in [0.15, 0.2) is 23.4 Å². The standard InChI is InChI=1S/C15H23FN4O/c1-11(2)10-19-5-7-20(8-6-19)14-4-3-12(9-13(14)16)15(17)18-21/h3-4,9,11,21H,5-8,10H2,1-2H3,(H2,17,18). The van der Waals surface area contributed by atoms with E-state index in [9.17, 15) is 4.39 Å². The lowest BCUT2D eigenvalue weighted by atomic mass is 10.1. The molecule has 1 aliphatic rings. The Morgan fingerprint density at radius 3 is 2.52 bits per heavy atom. The maximum absolute atomic E-state index is 14.2. The fourth-order valence-corrected chi connectivity index (χ4v) is 2.67. The average Bonchev–Trinajstić information content (AvgIpc) is 2.47. The van der Waals surface area contributed by atoms with E-state index in [0.717, 1.165) is 32.7 Å². The monoisotopic (exact) mass is 294 g/mol. The maximum atomic E-state index is 14.2. The van der Waals surface area contributed by atoms with Crippen LogP contribution in [0.1, 0.15) is 19.4 Å². The van der Waals surface area contributed by atoms with E-state index in [1.165, 1.54) is 6.07 Å². The van der Waals surface area contributed by atoms with Crippen LogP contribution in [0.2, 0.25) is 0 Å². The molecule has 0 unspecified atom stereocenters. The highest BCUT2D eigenvalue weighted by molar-refractivity contribution is 5.97. The summed E-state index contributed by atoms with van der Waals surface area (Å²) in [6, 6.07) is 4.68. The lowest BCUT2D eigenvalue weighted by Crippen LogP contribution is -2.47. The summed E-state index contributed by atoms with van der Waals surface area (Å²) in [6.07, 6.45) is 0. The number of piperazine rings is 1. The SMILES string of the molecule is CC(C)CN1CCN(c2ccc(C(N)=NO)cc2F)CC1. The van der Waals surface area contributed by atoms with E-state index in [4.69, 9.17) is 10.9 Å². The van der Waals surface area contributed by atoms with E-state index in [-0.39, 0.29) is 11.7 Å². The maximum Gasteiger partial charge on any atom is 0.170 e. The zero-order valence-electron chi connectivity index (χ0n) is 12.6. The van der Waals surface area contributed by atoms with Crippen molar-refractivity contribution in [2.75, 3.05) is 37.6 Å². The fraction of sp³-hybridized carbons (Fsp3) is 0.533. The van der Waals surface area contributed by atoms with Crippen LogP contribution in [0.4, 0.5) is 10.1 Å². The Labute approximate surface area is 124 Å². The summed E-state index contributed by atoms with van der Waals surface area (Å²) in [7, 11) is 0. The molecule has 1 aliphatic heterocycles. The molecule has 1 aromatic carbocycles. The highest BCUT2D eigenvalue weighted by Crippen LogP contribution is 2.22. The van der Waals surface area contributed by atoms with Crippen molar-refractivity contribution in [2.45, 2.75) is 13.8 Å². The molecule has 3 N–H and O–H groups in total. The van der Waals surface area contributed by atoms with Gasteiger partial charge in [-0.3, -0.25) is 4.90 Å². The Kier molecular flexibility index (Phi) is 5.01. The number of oxime groups is 1. The second kappa shape index (κ2) is 6.76. The number of anilines is 1. The number of amidine groups is 1. The molecule has 1 fully saturated rings. The number of nitrogens with two attached hydrogens (primary N) is 1. The lowest BCUT2D eigenvalue weighted by molar-refractivity contribution is 0.231. The molecule has 1 saturated heterocycles. The van der Waals surface area contributed by atoms with Crippen molar-refractivity contribution >= 4 is 11.5 Å². The Hall–Kier alpha value is -1.82. The summed E-state index contributed by atoms with van der Waals surface area (Å²) in [5.41, 5.74) is 6.43. The van der Waals surface area contributed by atoms with Crippen LogP contribution in [0.25, 0.3) is 0 Å². The number of halogens is 1. The number of rotatable bonds is 4. The van der Waals surface area contributed by atoms with Gasteiger partial charge in [-0.2, -0.15) is 0 Å². The third-order valence-corrected chi connectivity index (χ3v) is 3.69. The van der Waals surface area contributed by atoms with Crippen LogP contribution >= 0.6 is 0 Å². The van der Waals surface area contributed by atoms with Gasteiger partial charge in [0.15, 0.2) is 5.84 Å². The Bertz CT molecular complexity index is 510. The first kappa shape index (κ1) is 15.6. The van der Waals surface area contributed by atoms with Crippen molar-refractivity contribution in [2.24, 2.45) is 16.8 Å². The molecule has 0 atom stereocenters. The molecule has 0 aromatic heterocycles. The average molecular weight is 294 g/mol. The van der Waals surface area contributed by atoms with Crippen LogP contribution in [0, 0.1) is 11.7 Å². The molecular formula is C15H23FN4O. The van der Waals surface area contributed by atoms with Crippen LogP contribution in [-0.2, 0) is 0 Å². The van der Waals surface area contributed by atoms with Crippen molar-refractivity contribution in [3.8, 4) is 0 Å². The van der Waals surface area contributed by atoms with Crippen molar-refractivity contribution in [3.05, 3.63) is 29.6 Å². The second-order valence-electron chi connectivity index (χ2n) is 5.83. The Morgan fingerprint density at radius 2 is 2.00 bits per heavy atom. The van der Waals surface area contributed by atoms with Crippen molar-refractivity contribution in [3.63, 3.8) is 0 Å². The molecule has 2 rings (SSSR count). The van der Waals surface area contributed by atoms with Crippen molar-refractivity contribution < 1.29 is 9.60 Å². The van der Waals surface area contributed by atoms with E-state index in [1.54, 1.807) is 12.1 Å². The molecule has 5 nitrogen and oxygen atoms in total. The Morgan fingerprint density at radius 1 is 1.33 bits per heavy atom. The highest BCUT2D eigenvalue weighted by Gasteiger charge is 2.20. The normalized spacial score (nSPS) is 17.5. The third kappa shape index (κ3) is 3.85. The first-order valence-electron chi connectivity index (χ1n) is 7.26. The first-order valence-corrected chi connectivity index (χ1v) is 7.26. The predicted octanol–water partition coefficient (Wildman–Crippen LogP) is 1.70. The minimum atomic E-state index is -0.337. The second-order valence-corrected chi connectivity index (χ2v) is 5.83. The van der Waals surface area contributed by atoms with Crippen LogP contribution < -0.4 is 10.6 Å². The molecule has 1 heterocycles. The lowest BCUT2D eigenvalue weighted by Gasteiger charge is -2.37. The predicted molar refractivity (Wildman–Crippen MR) is 82.4 cm³/mol. The Balaban J connectivity index is 2.04. The van der Waals surface area contributed by atoms with Gasteiger partial charge in [-0.05, 0) is 24.1 Å². The minimum Gasteiger partial charge on any atom is -0.409 e.